The van der Waals surface area contributed by atoms with E-state index in [-0.39, 0.29) is 19.1 Å². The molecule has 0 spiro atoms. The zero-order valence-electron chi connectivity index (χ0n) is 11.0. The van der Waals surface area contributed by atoms with E-state index in [1.165, 1.54) is 4.90 Å². The largest absolute Gasteiger partial charge is 0.395 e. The molecule has 1 N–H and O–H groups in total. The Kier molecular flexibility index (Phi) is 4.37. The van der Waals surface area contributed by atoms with Crippen molar-refractivity contribution in [1.29, 1.82) is 0 Å². The number of hydrogen-bond acceptors (Lipinski definition) is 3. The molecule has 1 amide bonds. The molecule has 2 aromatic carbocycles. The van der Waals surface area contributed by atoms with Crippen molar-refractivity contribution in [2.45, 2.75) is 0 Å². The zero-order valence-corrected chi connectivity index (χ0v) is 11.7. The van der Waals surface area contributed by atoms with Crippen molar-refractivity contribution in [3.05, 3.63) is 46.5 Å². The van der Waals surface area contributed by atoms with Gasteiger partial charge in [-0.15, -0.1) is 0 Å². The Labute approximate surface area is 121 Å². The van der Waals surface area contributed by atoms with Gasteiger partial charge in [-0.3, -0.25) is 9.59 Å². The monoisotopic (exact) mass is 291 g/mol. The SMILES string of the molecule is CN(CCO)C(=O)c1cccc2c(Cl)ccc(C=O)c12. The van der Waals surface area contributed by atoms with Crippen LogP contribution in [0.3, 0.4) is 0 Å². The topological polar surface area (TPSA) is 57.6 Å². The zero-order chi connectivity index (χ0) is 14.7. The van der Waals surface area contributed by atoms with Gasteiger partial charge in [-0.2, -0.15) is 0 Å². The highest BCUT2D eigenvalue weighted by molar-refractivity contribution is 6.36. The maximum Gasteiger partial charge on any atom is 0.254 e. The average molecular weight is 292 g/mol. The molecule has 20 heavy (non-hydrogen) atoms. The third kappa shape index (κ3) is 2.53. The number of amides is 1. The summed E-state index contributed by atoms with van der Waals surface area (Å²) in [7, 11) is 1.60. The molecule has 4 nitrogen and oxygen atoms in total. The maximum atomic E-state index is 12.4. The van der Waals surface area contributed by atoms with Gasteiger partial charge in [0, 0.05) is 40.5 Å². The first-order chi connectivity index (χ1) is 9.60. The second kappa shape index (κ2) is 6.03. The van der Waals surface area contributed by atoms with Gasteiger partial charge in [-0.1, -0.05) is 23.7 Å². The quantitative estimate of drug-likeness (QED) is 0.880. The number of halogens is 1. The number of benzene rings is 2. The Morgan fingerprint density at radius 3 is 2.75 bits per heavy atom. The molecule has 2 rings (SSSR count). The van der Waals surface area contributed by atoms with Crippen molar-refractivity contribution in [2.75, 3.05) is 20.2 Å². The van der Waals surface area contributed by atoms with E-state index in [9.17, 15) is 9.59 Å². The molecular formula is C15H14ClNO3. The van der Waals surface area contributed by atoms with E-state index in [0.29, 0.717) is 33.2 Å². The lowest BCUT2D eigenvalue weighted by molar-refractivity contribution is 0.0769. The van der Waals surface area contributed by atoms with Crippen molar-refractivity contribution in [1.82, 2.24) is 4.90 Å². The van der Waals surface area contributed by atoms with E-state index in [0.717, 1.165) is 0 Å². The van der Waals surface area contributed by atoms with E-state index < -0.39 is 0 Å². The third-order valence-corrected chi connectivity index (χ3v) is 3.49. The number of carbonyl (C=O) groups is 2. The van der Waals surface area contributed by atoms with Gasteiger partial charge in [0.15, 0.2) is 6.29 Å². The highest BCUT2D eigenvalue weighted by Gasteiger charge is 2.17. The molecule has 0 aromatic heterocycles. The number of aldehydes is 1. The summed E-state index contributed by atoms with van der Waals surface area (Å²) in [5, 5.41) is 10.6. The van der Waals surface area contributed by atoms with E-state index in [1.54, 1.807) is 37.4 Å². The van der Waals surface area contributed by atoms with E-state index in [2.05, 4.69) is 0 Å². The number of hydrogen-bond donors (Lipinski definition) is 1. The molecule has 0 atom stereocenters. The summed E-state index contributed by atoms with van der Waals surface area (Å²) in [5.41, 5.74) is 0.828. The normalized spacial score (nSPS) is 10.6. The van der Waals surface area contributed by atoms with Gasteiger partial charge >= 0.3 is 0 Å². The first kappa shape index (κ1) is 14.5. The first-order valence-corrected chi connectivity index (χ1v) is 6.50. The molecule has 104 valence electrons. The Hall–Kier alpha value is -1.91. The van der Waals surface area contributed by atoms with Gasteiger partial charge < -0.3 is 10.0 Å². The summed E-state index contributed by atoms with van der Waals surface area (Å²) in [4.78, 5) is 25.0. The third-order valence-electron chi connectivity index (χ3n) is 3.16. The number of aliphatic hydroxyl groups is 1. The van der Waals surface area contributed by atoms with Gasteiger partial charge in [0.25, 0.3) is 5.91 Å². The Balaban J connectivity index is 2.67. The van der Waals surface area contributed by atoms with Crippen LogP contribution in [0.25, 0.3) is 10.8 Å². The van der Waals surface area contributed by atoms with Gasteiger partial charge in [-0.05, 0) is 18.2 Å². The minimum absolute atomic E-state index is 0.117. The van der Waals surface area contributed by atoms with Gasteiger partial charge in [-0.25, -0.2) is 0 Å². The molecule has 0 bridgehead atoms. The Morgan fingerprint density at radius 2 is 2.10 bits per heavy atom. The second-order valence-corrected chi connectivity index (χ2v) is 4.84. The predicted molar refractivity (Wildman–Crippen MR) is 78.4 cm³/mol. The summed E-state index contributed by atoms with van der Waals surface area (Å²) in [6, 6.07) is 8.39. The van der Waals surface area contributed by atoms with Crippen molar-refractivity contribution >= 4 is 34.6 Å². The van der Waals surface area contributed by atoms with E-state index in [4.69, 9.17) is 16.7 Å². The van der Waals surface area contributed by atoms with Crippen LogP contribution in [-0.2, 0) is 0 Å². The number of aliphatic hydroxyl groups excluding tert-OH is 1. The lowest BCUT2D eigenvalue weighted by Gasteiger charge is -2.17. The first-order valence-electron chi connectivity index (χ1n) is 6.13. The minimum atomic E-state index is -0.255. The highest BCUT2D eigenvalue weighted by atomic mass is 35.5. The molecule has 0 radical (unpaired) electrons. The van der Waals surface area contributed by atoms with Crippen LogP contribution in [0.15, 0.2) is 30.3 Å². The molecule has 0 aliphatic heterocycles. The Bertz CT molecular complexity index is 669. The van der Waals surface area contributed by atoms with E-state index >= 15 is 0 Å². The van der Waals surface area contributed by atoms with E-state index in [1.807, 2.05) is 0 Å². The molecule has 0 unspecified atom stereocenters. The van der Waals surface area contributed by atoms with Crippen LogP contribution in [0.1, 0.15) is 20.7 Å². The van der Waals surface area contributed by atoms with Crippen LogP contribution in [-0.4, -0.2) is 42.4 Å². The molecule has 0 saturated carbocycles. The smallest absolute Gasteiger partial charge is 0.254 e. The molecule has 5 heteroatoms. The molecule has 0 saturated heterocycles. The molecule has 2 aromatic rings. The lowest BCUT2D eigenvalue weighted by Crippen LogP contribution is -2.29. The number of likely N-dealkylation sites (N-methyl/N-ethyl adjacent to an activating group) is 1. The van der Waals surface area contributed by atoms with Crippen molar-refractivity contribution in [3.8, 4) is 0 Å². The molecular weight excluding hydrogens is 278 g/mol. The number of fused-ring (bicyclic) bond motifs is 1. The molecule has 0 heterocycles. The van der Waals surface area contributed by atoms with Gasteiger partial charge in [0.1, 0.15) is 0 Å². The van der Waals surface area contributed by atoms with Crippen molar-refractivity contribution in [3.63, 3.8) is 0 Å². The number of rotatable bonds is 4. The standard InChI is InChI=1S/C15H14ClNO3/c1-17(7-8-18)15(20)12-4-2-3-11-13(16)6-5-10(9-19)14(11)12/h2-6,9,18H,7-8H2,1H3. The van der Waals surface area contributed by atoms with Crippen LogP contribution < -0.4 is 0 Å². The lowest BCUT2D eigenvalue weighted by atomic mass is 9.99. The summed E-state index contributed by atoms with van der Waals surface area (Å²) in [6.07, 6.45) is 0.710. The fraction of sp³-hybridized carbons (Fsp3) is 0.200. The average Bonchev–Trinajstić information content (AvgIpc) is 2.47. The summed E-state index contributed by atoms with van der Waals surface area (Å²) >= 11 is 6.12. The van der Waals surface area contributed by atoms with Crippen LogP contribution in [0.2, 0.25) is 5.02 Å². The van der Waals surface area contributed by atoms with Gasteiger partial charge in [0.2, 0.25) is 0 Å². The van der Waals surface area contributed by atoms with Crippen LogP contribution in [0.5, 0.6) is 0 Å². The molecule has 0 fully saturated rings. The summed E-state index contributed by atoms with van der Waals surface area (Å²) in [5.74, 6) is -0.255. The predicted octanol–water partition coefficient (Wildman–Crippen LogP) is 2.37. The highest BCUT2D eigenvalue weighted by Crippen LogP contribution is 2.29. The fourth-order valence-corrected chi connectivity index (χ4v) is 2.35. The minimum Gasteiger partial charge on any atom is -0.395 e. The summed E-state index contributed by atoms with van der Waals surface area (Å²) in [6.45, 7) is 0.112. The van der Waals surface area contributed by atoms with Gasteiger partial charge in [0.05, 0.1) is 6.61 Å². The van der Waals surface area contributed by atoms with Crippen LogP contribution in [0.4, 0.5) is 0 Å². The molecule has 0 aliphatic rings. The van der Waals surface area contributed by atoms with Crippen LogP contribution >= 0.6 is 11.6 Å². The maximum absolute atomic E-state index is 12.4. The summed E-state index contributed by atoms with van der Waals surface area (Å²) < 4.78 is 0. The molecule has 0 aliphatic carbocycles. The van der Waals surface area contributed by atoms with Crippen molar-refractivity contribution in [2.24, 2.45) is 0 Å². The second-order valence-electron chi connectivity index (χ2n) is 4.43. The van der Waals surface area contributed by atoms with Crippen molar-refractivity contribution < 1.29 is 14.7 Å². The fourth-order valence-electron chi connectivity index (χ4n) is 2.13. The van der Waals surface area contributed by atoms with Crippen LogP contribution in [0, 0.1) is 0 Å². The number of carbonyl (C=O) groups excluding carboxylic acids is 2. The Morgan fingerprint density at radius 1 is 1.35 bits per heavy atom. The number of nitrogens with zero attached hydrogens (tertiary/aromatic N) is 1.